The summed E-state index contributed by atoms with van der Waals surface area (Å²) in [7, 11) is 0. The van der Waals surface area contributed by atoms with Gasteiger partial charge in [0.15, 0.2) is 0 Å². The first-order valence-electron chi connectivity index (χ1n) is 6.67. The highest BCUT2D eigenvalue weighted by Crippen LogP contribution is 2.23. The topological polar surface area (TPSA) is 32.5 Å². The van der Waals surface area contributed by atoms with Crippen LogP contribution in [-0.4, -0.2) is 48.7 Å². The van der Waals surface area contributed by atoms with Crippen LogP contribution in [0.25, 0.3) is 0 Å². The molecule has 0 bridgehead atoms. The van der Waals surface area contributed by atoms with Gasteiger partial charge in [0, 0.05) is 49.0 Å². The van der Waals surface area contributed by atoms with E-state index in [1.54, 1.807) is 11.3 Å². The van der Waals surface area contributed by atoms with E-state index >= 15 is 0 Å². The van der Waals surface area contributed by atoms with Crippen LogP contribution in [0, 0.1) is 6.92 Å². The number of piperazine rings is 1. The van der Waals surface area contributed by atoms with Crippen molar-refractivity contribution in [3.8, 4) is 0 Å². The van der Waals surface area contributed by atoms with Gasteiger partial charge in [-0.15, -0.1) is 11.3 Å². The van der Waals surface area contributed by atoms with Crippen molar-refractivity contribution in [1.82, 2.24) is 9.80 Å². The monoisotopic (exact) mass is 307 g/mol. The normalized spacial score (nSPS) is 18.6. The number of nitrogens with zero attached hydrogens (tertiary/aromatic N) is 2. The third-order valence-electron chi connectivity index (χ3n) is 3.53. The van der Waals surface area contributed by atoms with E-state index < -0.39 is 12.7 Å². The summed E-state index contributed by atoms with van der Waals surface area (Å²) in [5.74, 6) is 0. The van der Waals surface area contributed by atoms with Crippen molar-refractivity contribution in [2.75, 3.05) is 32.7 Å². The molecule has 0 atom stereocenters. The highest BCUT2D eigenvalue weighted by Gasteiger charge is 2.32. The summed E-state index contributed by atoms with van der Waals surface area (Å²) in [5, 5.41) is 0. The Labute approximate surface area is 121 Å². The summed E-state index contributed by atoms with van der Waals surface area (Å²) in [4.78, 5) is 6.10. The van der Waals surface area contributed by atoms with E-state index in [1.165, 1.54) is 15.3 Å². The molecule has 0 spiro atoms. The average molecular weight is 307 g/mol. The zero-order valence-electron chi connectivity index (χ0n) is 11.5. The van der Waals surface area contributed by atoms with Gasteiger partial charge in [-0.1, -0.05) is 0 Å². The highest BCUT2D eigenvalue weighted by molar-refractivity contribution is 7.12. The van der Waals surface area contributed by atoms with E-state index in [0.717, 1.165) is 11.4 Å². The van der Waals surface area contributed by atoms with Gasteiger partial charge in [-0.3, -0.25) is 9.80 Å². The summed E-state index contributed by atoms with van der Waals surface area (Å²) in [6.07, 6.45) is -4.10. The minimum absolute atomic E-state index is 0.479. The third kappa shape index (κ3) is 4.44. The molecule has 1 aromatic heterocycles. The number of hydrogen-bond acceptors (Lipinski definition) is 4. The molecular weight excluding hydrogens is 287 g/mol. The van der Waals surface area contributed by atoms with Crippen LogP contribution in [0.15, 0.2) is 6.07 Å². The van der Waals surface area contributed by atoms with Crippen LogP contribution in [-0.2, 0) is 13.1 Å². The van der Waals surface area contributed by atoms with Crippen molar-refractivity contribution >= 4 is 11.3 Å². The molecule has 114 valence electrons. The van der Waals surface area contributed by atoms with E-state index in [9.17, 15) is 13.2 Å². The Balaban J connectivity index is 1.83. The van der Waals surface area contributed by atoms with Crippen molar-refractivity contribution in [3.63, 3.8) is 0 Å². The summed E-state index contributed by atoms with van der Waals surface area (Å²) in [6.45, 7) is 4.95. The molecule has 0 radical (unpaired) electrons. The van der Waals surface area contributed by atoms with Gasteiger partial charge in [-0.2, -0.15) is 13.2 Å². The lowest BCUT2D eigenvalue weighted by Gasteiger charge is -2.34. The minimum atomic E-state index is -4.10. The molecule has 20 heavy (non-hydrogen) atoms. The molecule has 1 fully saturated rings. The maximum absolute atomic E-state index is 12.3. The van der Waals surface area contributed by atoms with Crippen molar-refractivity contribution in [2.45, 2.75) is 26.2 Å². The molecule has 1 aromatic rings. The largest absolute Gasteiger partial charge is 0.401 e. The molecule has 0 aromatic carbocycles. The molecule has 0 saturated carbocycles. The first kappa shape index (κ1) is 15.8. The molecule has 0 unspecified atom stereocenters. The van der Waals surface area contributed by atoms with Gasteiger partial charge < -0.3 is 5.73 Å². The molecule has 7 heteroatoms. The van der Waals surface area contributed by atoms with E-state index in [-0.39, 0.29) is 0 Å². The van der Waals surface area contributed by atoms with Crippen LogP contribution in [0.4, 0.5) is 13.2 Å². The van der Waals surface area contributed by atoms with Gasteiger partial charge in [0.25, 0.3) is 0 Å². The van der Waals surface area contributed by atoms with Crippen LogP contribution in [0.3, 0.4) is 0 Å². The van der Waals surface area contributed by atoms with E-state index in [1.807, 2.05) is 0 Å². The van der Waals surface area contributed by atoms with E-state index in [2.05, 4.69) is 17.9 Å². The summed E-state index contributed by atoms with van der Waals surface area (Å²) >= 11 is 1.70. The van der Waals surface area contributed by atoms with E-state index in [0.29, 0.717) is 32.7 Å². The molecule has 0 amide bonds. The molecule has 1 saturated heterocycles. The minimum Gasteiger partial charge on any atom is -0.326 e. The Morgan fingerprint density at radius 3 is 2.30 bits per heavy atom. The number of rotatable bonds is 4. The zero-order chi connectivity index (χ0) is 14.8. The lowest BCUT2D eigenvalue weighted by atomic mass is 10.2. The molecule has 1 aliphatic rings. The second-order valence-corrected chi connectivity index (χ2v) is 6.51. The highest BCUT2D eigenvalue weighted by atomic mass is 32.1. The van der Waals surface area contributed by atoms with Gasteiger partial charge >= 0.3 is 6.18 Å². The number of thiophene rings is 1. The van der Waals surface area contributed by atoms with Crippen LogP contribution in [0.5, 0.6) is 0 Å². The predicted octanol–water partition coefficient (Wildman–Crippen LogP) is 2.20. The third-order valence-corrected chi connectivity index (χ3v) is 4.65. The number of hydrogen-bond donors (Lipinski definition) is 1. The zero-order valence-corrected chi connectivity index (χ0v) is 12.4. The van der Waals surface area contributed by atoms with Gasteiger partial charge in [-0.05, 0) is 18.6 Å². The van der Waals surface area contributed by atoms with Crippen molar-refractivity contribution in [1.29, 1.82) is 0 Å². The Morgan fingerprint density at radius 2 is 1.80 bits per heavy atom. The SMILES string of the molecule is Cc1sc(CN)cc1CN1CCN(CC(F)(F)F)CC1. The number of aryl methyl sites for hydroxylation is 1. The predicted molar refractivity (Wildman–Crippen MR) is 74.7 cm³/mol. The Bertz CT molecular complexity index is 437. The van der Waals surface area contributed by atoms with Crippen LogP contribution in [0.1, 0.15) is 15.3 Å². The maximum Gasteiger partial charge on any atom is 0.401 e. The Morgan fingerprint density at radius 1 is 1.20 bits per heavy atom. The van der Waals surface area contributed by atoms with Gasteiger partial charge in [-0.25, -0.2) is 0 Å². The fourth-order valence-corrected chi connectivity index (χ4v) is 3.38. The van der Waals surface area contributed by atoms with Crippen molar-refractivity contribution in [2.24, 2.45) is 5.73 Å². The van der Waals surface area contributed by atoms with Crippen LogP contribution >= 0.6 is 11.3 Å². The summed E-state index contributed by atoms with van der Waals surface area (Å²) < 4.78 is 36.9. The standard InChI is InChI=1S/C13H20F3N3S/c1-10-11(6-12(7-17)20-10)8-18-2-4-19(5-3-18)9-13(14,15)16/h6H,2-5,7-9,17H2,1H3. The fraction of sp³-hybridized carbons (Fsp3) is 0.692. The maximum atomic E-state index is 12.3. The van der Waals surface area contributed by atoms with E-state index in [4.69, 9.17) is 5.73 Å². The summed E-state index contributed by atoms with van der Waals surface area (Å²) in [6, 6.07) is 2.11. The number of halogens is 3. The second-order valence-electron chi connectivity index (χ2n) is 5.17. The number of alkyl halides is 3. The molecule has 3 nitrogen and oxygen atoms in total. The molecule has 2 heterocycles. The molecule has 2 N–H and O–H groups in total. The quantitative estimate of drug-likeness (QED) is 0.925. The van der Waals surface area contributed by atoms with Gasteiger partial charge in [0.1, 0.15) is 0 Å². The van der Waals surface area contributed by atoms with Crippen molar-refractivity contribution in [3.05, 3.63) is 21.4 Å². The Hall–Kier alpha value is -0.630. The van der Waals surface area contributed by atoms with Gasteiger partial charge in [0.2, 0.25) is 0 Å². The molecule has 1 aliphatic heterocycles. The first-order valence-corrected chi connectivity index (χ1v) is 7.49. The molecule has 0 aliphatic carbocycles. The molecule has 2 rings (SSSR count). The Kier molecular flexibility index (Phi) is 5.06. The summed E-state index contributed by atoms with van der Waals surface area (Å²) in [5.41, 5.74) is 6.88. The van der Waals surface area contributed by atoms with Crippen LogP contribution in [0.2, 0.25) is 0 Å². The lowest BCUT2D eigenvalue weighted by molar-refractivity contribution is -0.149. The smallest absolute Gasteiger partial charge is 0.326 e. The van der Waals surface area contributed by atoms with Crippen molar-refractivity contribution < 1.29 is 13.2 Å². The molecular formula is C13H20F3N3S. The second kappa shape index (κ2) is 6.43. The number of nitrogens with two attached hydrogens (primary N) is 1. The fourth-order valence-electron chi connectivity index (χ4n) is 2.45. The van der Waals surface area contributed by atoms with Gasteiger partial charge in [0.05, 0.1) is 6.54 Å². The first-order chi connectivity index (χ1) is 9.37. The lowest BCUT2D eigenvalue weighted by Crippen LogP contribution is -2.48. The average Bonchev–Trinajstić information content (AvgIpc) is 2.71. The van der Waals surface area contributed by atoms with Crippen LogP contribution < -0.4 is 5.73 Å².